The molecule has 0 amide bonds. The van der Waals surface area contributed by atoms with Gasteiger partial charge in [-0.25, -0.2) is 22.6 Å². The Hall–Kier alpha value is -2.00. The van der Waals surface area contributed by atoms with Crippen LogP contribution in [0.4, 0.5) is 10.1 Å². The van der Waals surface area contributed by atoms with Gasteiger partial charge < -0.3 is 15.6 Å². The summed E-state index contributed by atoms with van der Waals surface area (Å²) in [6.45, 7) is 6.05. The maximum atomic E-state index is 13.8. The molecule has 1 fully saturated rings. The molecule has 0 aliphatic carbocycles. The van der Waals surface area contributed by atoms with Gasteiger partial charge in [0, 0.05) is 25.4 Å². The second-order valence-corrected chi connectivity index (χ2v) is 8.57. The first-order valence-corrected chi connectivity index (χ1v) is 9.89. The van der Waals surface area contributed by atoms with Gasteiger partial charge in [-0.05, 0) is 24.3 Å². The van der Waals surface area contributed by atoms with Crippen LogP contribution in [0.15, 0.2) is 41.6 Å². The Kier molecular flexibility index (Phi) is 7.06. The van der Waals surface area contributed by atoms with Crippen molar-refractivity contribution in [3.63, 3.8) is 0 Å². The summed E-state index contributed by atoms with van der Waals surface area (Å²) in [4.78, 5) is 6.83. The van der Waals surface area contributed by atoms with Crippen molar-refractivity contribution in [2.45, 2.75) is 16.7 Å². The second-order valence-electron chi connectivity index (χ2n) is 6.25. The van der Waals surface area contributed by atoms with E-state index in [0.29, 0.717) is 0 Å². The summed E-state index contributed by atoms with van der Waals surface area (Å²) in [5, 5.41) is 10.8. The number of β-amino-alcohol motifs (C(OH)–C–C–N with tert-alkyl or cyclic N) is 1. The van der Waals surface area contributed by atoms with Gasteiger partial charge in [0.05, 0.1) is 18.1 Å². The van der Waals surface area contributed by atoms with Gasteiger partial charge in [0.25, 0.3) is 10.0 Å². The molecule has 2 atom stereocenters. The lowest BCUT2D eigenvalue weighted by atomic mass is 10.0. The van der Waals surface area contributed by atoms with Crippen molar-refractivity contribution in [3.8, 4) is 5.75 Å². The molecule has 12 heteroatoms. The minimum atomic E-state index is -4.03. The Bertz CT molecular complexity index is 1030. The molecular weight excluding hydrogens is 446 g/mol. The van der Waals surface area contributed by atoms with Crippen LogP contribution in [0.5, 0.6) is 5.75 Å². The molecule has 2 aromatic rings. The lowest BCUT2D eigenvalue weighted by molar-refractivity contribution is -0.0200. The molecule has 156 valence electrons. The summed E-state index contributed by atoms with van der Waals surface area (Å²) in [6, 6.07) is 6.25. The Morgan fingerprint density at radius 1 is 1.45 bits per heavy atom. The topological polar surface area (TPSA) is 110 Å². The third-order valence-corrected chi connectivity index (χ3v) is 6.35. The Balaban J connectivity index is 0.00000300. The van der Waals surface area contributed by atoms with Crippen molar-refractivity contribution in [2.75, 3.05) is 19.6 Å². The normalized spacial score (nSPS) is 22.0. The van der Waals surface area contributed by atoms with Gasteiger partial charge in [-0.3, -0.25) is 0 Å². The molecule has 1 aliphatic heterocycles. The van der Waals surface area contributed by atoms with Gasteiger partial charge in [0.15, 0.2) is 5.03 Å². The number of aliphatic hydroxyl groups is 1. The lowest BCUT2D eigenvalue weighted by Crippen LogP contribution is -2.50. The quantitative estimate of drug-likeness (QED) is 0.657. The SMILES string of the molecule is Cl.[C-]#[N+]c1ccc(O[C@H]2CN(S(=O)(=O)c3ccc(Cl)cn3)C[C@]2(O)CN)cc1F. The number of sulfonamides is 1. The highest BCUT2D eigenvalue weighted by Gasteiger charge is 2.50. The Labute approximate surface area is 178 Å². The van der Waals surface area contributed by atoms with Crippen molar-refractivity contribution in [1.82, 2.24) is 9.29 Å². The summed E-state index contributed by atoms with van der Waals surface area (Å²) >= 11 is 5.74. The molecule has 1 aromatic heterocycles. The van der Waals surface area contributed by atoms with Gasteiger partial charge in [-0.15, -0.1) is 12.4 Å². The first-order valence-electron chi connectivity index (χ1n) is 8.07. The van der Waals surface area contributed by atoms with Crippen LogP contribution >= 0.6 is 24.0 Å². The zero-order valence-electron chi connectivity index (χ0n) is 14.8. The smallest absolute Gasteiger partial charge is 0.260 e. The van der Waals surface area contributed by atoms with Crippen LogP contribution in [0.1, 0.15) is 0 Å². The average Bonchev–Trinajstić information content (AvgIpc) is 3.00. The van der Waals surface area contributed by atoms with Crippen molar-refractivity contribution in [2.24, 2.45) is 5.73 Å². The van der Waals surface area contributed by atoms with Crippen LogP contribution < -0.4 is 10.5 Å². The maximum Gasteiger partial charge on any atom is 0.260 e. The molecule has 3 N–H and O–H groups in total. The third kappa shape index (κ3) is 4.61. The van der Waals surface area contributed by atoms with Crippen molar-refractivity contribution < 1.29 is 22.7 Å². The molecular formula is C17H17Cl2FN4O4S. The van der Waals surface area contributed by atoms with Crippen molar-refractivity contribution >= 4 is 39.7 Å². The number of rotatable bonds is 5. The third-order valence-electron chi connectivity index (χ3n) is 4.39. The second kappa shape index (κ2) is 8.79. The monoisotopic (exact) mass is 462 g/mol. The zero-order valence-corrected chi connectivity index (χ0v) is 17.2. The van der Waals surface area contributed by atoms with E-state index >= 15 is 0 Å². The summed E-state index contributed by atoms with van der Waals surface area (Å²) < 4.78 is 46.0. The average molecular weight is 463 g/mol. The number of halogens is 3. The molecule has 0 bridgehead atoms. The van der Waals surface area contributed by atoms with Crippen LogP contribution in [0.3, 0.4) is 0 Å². The number of hydrogen-bond donors (Lipinski definition) is 2. The van der Waals surface area contributed by atoms with E-state index in [1.807, 2.05) is 0 Å². The number of hydrogen-bond acceptors (Lipinski definition) is 6. The molecule has 29 heavy (non-hydrogen) atoms. The highest BCUT2D eigenvalue weighted by Crippen LogP contribution is 2.31. The van der Waals surface area contributed by atoms with E-state index in [0.717, 1.165) is 10.4 Å². The molecule has 1 aliphatic rings. The van der Waals surface area contributed by atoms with Gasteiger partial charge >= 0.3 is 0 Å². The van der Waals surface area contributed by atoms with E-state index < -0.39 is 27.5 Å². The van der Waals surface area contributed by atoms with Gasteiger partial charge in [0.2, 0.25) is 5.69 Å². The number of ether oxygens (including phenoxy) is 1. The lowest BCUT2D eigenvalue weighted by Gasteiger charge is -2.27. The summed E-state index contributed by atoms with van der Waals surface area (Å²) in [6.07, 6.45) is 0.160. The summed E-state index contributed by atoms with van der Waals surface area (Å²) in [5.41, 5.74) is 3.79. The predicted molar refractivity (Wildman–Crippen MR) is 106 cm³/mol. The van der Waals surface area contributed by atoms with E-state index in [1.165, 1.54) is 30.5 Å². The van der Waals surface area contributed by atoms with Crippen molar-refractivity contribution in [3.05, 3.63) is 58.8 Å². The van der Waals surface area contributed by atoms with Crippen LogP contribution in [0, 0.1) is 12.4 Å². The number of nitrogens with zero attached hydrogens (tertiary/aromatic N) is 3. The van der Waals surface area contributed by atoms with Crippen molar-refractivity contribution in [1.29, 1.82) is 0 Å². The molecule has 2 heterocycles. The van der Waals surface area contributed by atoms with Gasteiger partial charge in [-0.1, -0.05) is 11.6 Å². The number of nitrogens with two attached hydrogens (primary N) is 1. The fourth-order valence-corrected chi connectivity index (χ4v) is 4.34. The van der Waals surface area contributed by atoms with E-state index in [4.69, 9.17) is 28.6 Å². The zero-order chi connectivity index (χ0) is 20.5. The fourth-order valence-electron chi connectivity index (χ4n) is 2.82. The highest BCUT2D eigenvalue weighted by molar-refractivity contribution is 7.89. The standard InChI is InChI=1S/C17H16ClFN4O4S.ClH/c1-21-14-4-3-12(6-13(14)19)27-15-8-23(10-17(15,24)9-20)28(25,26)16-5-2-11(18)7-22-16;/h2-7,15,24H,8-10,20H2;1H/t15-,17+;/m0./s1. The highest BCUT2D eigenvalue weighted by atomic mass is 35.5. The summed E-state index contributed by atoms with van der Waals surface area (Å²) in [7, 11) is -4.03. The molecule has 0 unspecified atom stereocenters. The van der Waals surface area contributed by atoms with E-state index in [1.54, 1.807) is 0 Å². The molecule has 0 radical (unpaired) electrons. The maximum absolute atomic E-state index is 13.8. The fraction of sp³-hybridized carbons (Fsp3) is 0.294. The van der Waals surface area contributed by atoms with Crippen LogP contribution in [0.25, 0.3) is 4.85 Å². The van der Waals surface area contributed by atoms with Crippen LogP contribution in [-0.4, -0.2) is 54.2 Å². The number of benzene rings is 1. The molecule has 1 aromatic carbocycles. The first kappa shape index (κ1) is 23.3. The van der Waals surface area contributed by atoms with Crippen LogP contribution in [0.2, 0.25) is 5.02 Å². The van der Waals surface area contributed by atoms with E-state index in [9.17, 15) is 17.9 Å². The number of pyridine rings is 1. The van der Waals surface area contributed by atoms with E-state index in [2.05, 4.69) is 9.83 Å². The predicted octanol–water partition coefficient (Wildman–Crippen LogP) is 1.99. The number of aromatic nitrogens is 1. The summed E-state index contributed by atoms with van der Waals surface area (Å²) in [5.74, 6) is -0.734. The van der Waals surface area contributed by atoms with E-state index in [-0.39, 0.29) is 53.5 Å². The van der Waals surface area contributed by atoms with Gasteiger partial charge in [-0.2, -0.15) is 4.31 Å². The first-order chi connectivity index (χ1) is 13.2. The largest absolute Gasteiger partial charge is 0.486 e. The molecule has 8 nitrogen and oxygen atoms in total. The Morgan fingerprint density at radius 2 is 2.17 bits per heavy atom. The molecule has 1 saturated heterocycles. The molecule has 3 rings (SSSR count). The minimum absolute atomic E-state index is 0. The van der Waals surface area contributed by atoms with Crippen LogP contribution in [-0.2, 0) is 10.0 Å². The molecule has 0 spiro atoms. The van der Waals surface area contributed by atoms with Gasteiger partial charge in [0.1, 0.15) is 23.3 Å². The Morgan fingerprint density at radius 3 is 2.72 bits per heavy atom. The molecule has 0 saturated carbocycles. The minimum Gasteiger partial charge on any atom is -0.486 e.